The standard InChI is InChI=1S/C19H22BrNO5/c1-25-15-3-2-14(21(23)24)5-16(15)26-17(22)10-18-6-12-4-13(7-18)9-19(20,8-12)11-18/h2-3,5,12-13H,4,6-11H2,1H3. The number of carbonyl (C=O) groups excluding carboxylic acids is 1. The number of halogens is 1. The lowest BCUT2D eigenvalue weighted by molar-refractivity contribution is -0.384. The Kier molecular flexibility index (Phi) is 4.25. The molecule has 5 rings (SSSR count). The number of benzene rings is 1. The Morgan fingerprint density at radius 1 is 1.27 bits per heavy atom. The van der Waals surface area contributed by atoms with E-state index in [9.17, 15) is 14.9 Å². The molecule has 4 bridgehead atoms. The fraction of sp³-hybridized carbons (Fsp3) is 0.632. The van der Waals surface area contributed by atoms with Gasteiger partial charge in [-0.3, -0.25) is 14.9 Å². The van der Waals surface area contributed by atoms with Crippen molar-refractivity contribution >= 4 is 27.6 Å². The van der Waals surface area contributed by atoms with Crippen molar-refractivity contribution < 1.29 is 19.2 Å². The van der Waals surface area contributed by atoms with Crippen molar-refractivity contribution in [1.82, 2.24) is 0 Å². The van der Waals surface area contributed by atoms with Crippen LogP contribution in [0.25, 0.3) is 0 Å². The lowest BCUT2D eigenvalue weighted by Crippen LogP contribution is -2.53. The molecule has 0 amide bonds. The first-order valence-corrected chi connectivity index (χ1v) is 9.81. The lowest BCUT2D eigenvalue weighted by atomic mass is 9.49. The first-order valence-electron chi connectivity index (χ1n) is 9.02. The predicted molar refractivity (Wildman–Crippen MR) is 98.7 cm³/mol. The largest absolute Gasteiger partial charge is 0.493 e. The van der Waals surface area contributed by atoms with Gasteiger partial charge in [0.2, 0.25) is 0 Å². The van der Waals surface area contributed by atoms with Crippen LogP contribution in [0.4, 0.5) is 5.69 Å². The van der Waals surface area contributed by atoms with Gasteiger partial charge in [-0.2, -0.15) is 0 Å². The average molecular weight is 424 g/mol. The maximum absolute atomic E-state index is 12.7. The Bertz CT molecular complexity index is 750. The van der Waals surface area contributed by atoms with Crippen molar-refractivity contribution in [1.29, 1.82) is 0 Å². The number of methoxy groups -OCH3 is 1. The quantitative estimate of drug-likeness (QED) is 0.226. The van der Waals surface area contributed by atoms with E-state index in [0.717, 1.165) is 19.3 Å². The summed E-state index contributed by atoms with van der Waals surface area (Å²) in [6.07, 6.45) is 7.23. The molecular formula is C19H22BrNO5. The predicted octanol–water partition coefficient (Wildman–Crippen LogP) is 4.63. The van der Waals surface area contributed by atoms with E-state index < -0.39 is 4.92 Å². The normalized spacial score (nSPS) is 34.5. The highest BCUT2D eigenvalue weighted by molar-refractivity contribution is 9.10. The van der Waals surface area contributed by atoms with Gasteiger partial charge in [0, 0.05) is 10.4 Å². The van der Waals surface area contributed by atoms with Crippen LogP contribution in [0.1, 0.15) is 44.9 Å². The van der Waals surface area contributed by atoms with Gasteiger partial charge in [-0.15, -0.1) is 0 Å². The molecule has 7 heteroatoms. The van der Waals surface area contributed by atoms with Crippen molar-refractivity contribution in [2.24, 2.45) is 17.3 Å². The van der Waals surface area contributed by atoms with Crippen LogP contribution >= 0.6 is 15.9 Å². The number of alkyl halides is 1. The van der Waals surface area contributed by atoms with Gasteiger partial charge < -0.3 is 9.47 Å². The number of rotatable bonds is 5. The number of carbonyl (C=O) groups is 1. The Balaban J connectivity index is 1.51. The first-order chi connectivity index (χ1) is 12.3. The number of hydrogen-bond acceptors (Lipinski definition) is 5. The van der Waals surface area contributed by atoms with Gasteiger partial charge in [0.15, 0.2) is 11.5 Å². The first kappa shape index (κ1) is 17.8. The fourth-order valence-electron chi connectivity index (χ4n) is 5.87. The molecule has 4 aliphatic carbocycles. The van der Waals surface area contributed by atoms with Gasteiger partial charge in [-0.1, -0.05) is 15.9 Å². The van der Waals surface area contributed by atoms with Crippen molar-refractivity contribution in [2.75, 3.05) is 7.11 Å². The van der Waals surface area contributed by atoms with Crippen LogP contribution < -0.4 is 9.47 Å². The second kappa shape index (κ2) is 6.22. The number of nitro benzene ring substituents is 1. The van der Waals surface area contributed by atoms with E-state index in [1.165, 1.54) is 44.6 Å². The van der Waals surface area contributed by atoms with E-state index in [0.29, 0.717) is 24.0 Å². The summed E-state index contributed by atoms with van der Waals surface area (Å²) in [5, 5.41) is 11.0. The molecule has 4 fully saturated rings. The molecule has 0 spiro atoms. The van der Waals surface area contributed by atoms with E-state index >= 15 is 0 Å². The summed E-state index contributed by atoms with van der Waals surface area (Å²) in [6.45, 7) is 0. The fourth-order valence-corrected chi connectivity index (χ4v) is 7.38. The van der Waals surface area contributed by atoms with E-state index in [2.05, 4.69) is 15.9 Å². The third-order valence-electron chi connectivity index (χ3n) is 6.21. The zero-order valence-electron chi connectivity index (χ0n) is 14.7. The molecule has 0 aromatic heterocycles. The molecule has 1 aromatic rings. The van der Waals surface area contributed by atoms with Crippen molar-refractivity contribution in [3.63, 3.8) is 0 Å². The zero-order valence-corrected chi connectivity index (χ0v) is 16.3. The van der Waals surface area contributed by atoms with E-state index in [1.54, 1.807) is 0 Å². The van der Waals surface area contributed by atoms with Gasteiger partial charge in [-0.05, 0) is 61.8 Å². The molecule has 4 aliphatic rings. The third kappa shape index (κ3) is 3.21. The molecule has 26 heavy (non-hydrogen) atoms. The Labute approximate surface area is 160 Å². The molecule has 0 heterocycles. The summed E-state index contributed by atoms with van der Waals surface area (Å²) in [6, 6.07) is 4.05. The number of nitro groups is 1. The highest BCUT2D eigenvalue weighted by atomic mass is 79.9. The van der Waals surface area contributed by atoms with Crippen LogP contribution in [0.2, 0.25) is 0 Å². The van der Waals surface area contributed by atoms with Gasteiger partial charge in [0.25, 0.3) is 5.69 Å². The molecule has 0 radical (unpaired) electrons. The number of esters is 1. The zero-order chi connectivity index (χ0) is 18.5. The molecule has 1 aromatic carbocycles. The molecule has 4 saturated carbocycles. The second-order valence-corrected chi connectivity index (χ2v) is 10.0. The lowest BCUT2D eigenvalue weighted by Gasteiger charge is -2.60. The number of ether oxygens (including phenoxy) is 2. The summed E-state index contributed by atoms with van der Waals surface area (Å²) in [7, 11) is 1.45. The smallest absolute Gasteiger partial charge is 0.311 e. The SMILES string of the molecule is COc1ccc([N+](=O)[O-])cc1OC(=O)CC12CC3CC(CC(Br)(C3)C1)C2. The summed E-state index contributed by atoms with van der Waals surface area (Å²) in [5.74, 6) is 1.49. The van der Waals surface area contributed by atoms with Crippen LogP contribution in [0.3, 0.4) is 0 Å². The minimum absolute atomic E-state index is 0.00137. The number of nitrogens with zero attached hydrogens (tertiary/aromatic N) is 1. The van der Waals surface area contributed by atoms with Crippen molar-refractivity contribution in [2.45, 2.75) is 49.3 Å². The Morgan fingerprint density at radius 3 is 2.54 bits per heavy atom. The highest BCUT2D eigenvalue weighted by Crippen LogP contribution is 2.65. The van der Waals surface area contributed by atoms with Crippen molar-refractivity contribution in [3.05, 3.63) is 28.3 Å². The molecule has 6 nitrogen and oxygen atoms in total. The number of non-ortho nitro benzene ring substituents is 1. The molecule has 2 unspecified atom stereocenters. The third-order valence-corrected chi connectivity index (χ3v) is 7.14. The van der Waals surface area contributed by atoms with Crippen LogP contribution in [0.15, 0.2) is 18.2 Å². The molecule has 0 N–H and O–H groups in total. The van der Waals surface area contributed by atoms with E-state index in [1.807, 2.05) is 0 Å². The Morgan fingerprint density at radius 2 is 1.96 bits per heavy atom. The van der Waals surface area contributed by atoms with E-state index in [4.69, 9.17) is 9.47 Å². The summed E-state index contributed by atoms with van der Waals surface area (Å²) in [5.41, 5.74) is -0.124. The second-order valence-electron chi connectivity index (χ2n) is 8.36. The van der Waals surface area contributed by atoms with Gasteiger partial charge in [0.1, 0.15) is 0 Å². The minimum atomic E-state index is -0.509. The van der Waals surface area contributed by atoms with Crippen molar-refractivity contribution in [3.8, 4) is 11.5 Å². The van der Waals surface area contributed by atoms with Crippen LogP contribution in [-0.2, 0) is 4.79 Å². The molecule has 2 atom stereocenters. The summed E-state index contributed by atoms with van der Waals surface area (Å²) < 4.78 is 10.9. The van der Waals surface area contributed by atoms with Crippen LogP contribution in [0, 0.1) is 27.4 Å². The maximum atomic E-state index is 12.7. The van der Waals surface area contributed by atoms with Gasteiger partial charge in [0.05, 0.1) is 24.5 Å². The number of hydrogen-bond donors (Lipinski definition) is 0. The monoisotopic (exact) mass is 423 g/mol. The minimum Gasteiger partial charge on any atom is -0.493 e. The maximum Gasteiger partial charge on any atom is 0.311 e. The molecule has 140 valence electrons. The topological polar surface area (TPSA) is 78.7 Å². The molecule has 0 saturated heterocycles. The summed E-state index contributed by atoms with van der Waals surface area (Å²) in [4.78, 5) is 23.2. The van der Waals surface area contributed by atoms with Crippen LogP contribution in [-0.4, -0.2) is 22.3 Å². The van der Waals surface area contributed by atoms with Gasteiger partial charge in [-0.25, -0.2) is 0 Å². The summed E-state index contributed by atoms with van der Waals surface area (Å²) >= 11 is 3.95. The van der Waals surface area contributed by atoms with Crippen LogP contribution in [0.5, 0.6) is 11.5 Å². The van der Waals surface area contributed by atoms with E-state index in [-0.39, 0.29) is 27.1 Å². The van der Waals surface area contributed by atoms with Gasteiger partial charge >= 0.3 is 5.97 Å². The highest BCUT2D eigenvalue weighted by Gasteiger charge is 2.57. The molecular weight excluding hydrogens is 402 g/mol. The average Bonchev–Trinajstić information content (AvgIpc) is 2.51. The molecule has 0 aliphatic heterocycles. The Hall–Kier alpha value is -1.63.